The second kappa shape index (κ2) is 4.72. The topological polar surface area (TPSA) is 44.1 Å². The number of carbonyl (C=O) groups excluding carboxylic acids is 1. The lowest BCUT2D eigenvalue weighted by Crippen LogP contribution is -2.23. The summed E-state index contributed by atoms with van der Waals surface area (Å²) >= 11 is 3.40. The van der Waals surface area contributed by atoms with Gasteiger partial charge in [0, 0.05) is 4.47 Å². The van der Waals surface area contributed by atoms with Gasteiger partial charge in [-0.25, -0.2) is 4.98 Å². The van der Waals surface area contributed by atoms with Crippen LogP contribution in [0.4, 0.5) is 0 Å². The molecule has 0 spiro atoms. The maximum Gasteiger partial charge on any atom is 0.312 e. The van der Waals surface area contributed by atoms with Gasteiger partial charge < -0.3 is 4.74 Å². The van der Waals surface area contributed by atoms with Crippen molar-refractivity contribution in [1.82, 2.24) is 9.55 Å². The van der Waals surface area contributed by atoms with Crippen LogP contribution in [-0.4, -0.2) is 15.5 Å². The molecule has 0 fully saturated rings. The van der Waals surface area contributed by atoms with E-state index in [-0.39, 0.29) is 12.7 Å². The zero-order valence-corrected chi connectivity index (χ0v) is 12.2. The number of hydrogen-bond acceptors (Lipinski definition) is 3. The quantitative estimate of drug-likeness (QED) is 0.799. The molecule has 18 heavy (non-hydrogen) atoms. The Morgan fingerprint density at radius 3 is 2.83 bits per heavy atom. The molecule has 0 aliphatic carbocycles. The average Bonchev–Trinajstić information content (AvgIpc) is 2.66. The summed E-state index contributed by atoms with van der Waals surface area (Å²) in [4.78, 5) is 15.9. The second-order valence-corrected chi connectivity index (χ2v) is 6.07. The molecule has 5 heteroatoms. The molecule has 96 valence electrons. The summed E-state index contributed by atoms with van der Waals surface area (Å²) in [7, 11) is 0. The van der Waals surface area contributed by atoms with E-state index in [0.29, 0.717) is 0 Å². The van der Waals surface area contributed by atoms with E-state index >= 15 is 0 Å². The molecule has 0 N–H and O–H groups in total. The lowest BCUT2D eigenvalue weighted by atomic mass is 9.98. The number of nitrogens with zero attached hydrogens (tertiary/aromatic N) is 2. The van der Waals surface area contributed by atoms with Crippen molar-refractivity contribution in [2.24, 2.45) is 5.41 Å². The Bertz CT molecular complexity index is 584. The third kappa shape index (κ3) is 2.72. The van der Waals surface area contributed by atoms with Crippen LogP contribution < -0.4 is 0 Å². The minimum Gasteiger partial charge on any atom is -0.443 e. The fourth-order valence-corrected chi connectivity index (χ4v) is 1.83. The van der Waals surface area contributed by atoms with Crippen LogP contribution in [0, 0.1) is 5.41 Å². The maximum atomic E-state index is 11.7. The third-order valence-corrected chi connectivity index (χ3v) is 3.02. The molecule has 2 rings (SSSR count). The Morgan fingerprint density at radius 2 is 2.17 bits per heavy atom. The van der Waals surface area contributed by atoms with Crippen molar-refractivity contribution < 1.29 is 9.53 Å². The molecule has 0 bridgehead atoms. The van der Waals surface area contributed by atoms with E-state index in [2.05, 4.69) is 20.9 Å². The number of fused-ring (bicyclic) bond motifs is 1. The molecule has 2 aromatic rings. The number of esters is 1. The molecule has 0 atom stereocenters. The molecular formula is C13H15BrN2O2. The number of benzene rings is 1. The Balaban J connectivity index is 2.16. The van der Waals surface area contributed by atoms with Crippen LogP contribution in [0.1, 0.15) is 20.8 Å². The monoisotopic (exact) mass is 310 g/mol. The number of carbonyl (C=O) groups is 1. The Morgan fingerprint density at radius 1 is 1.44 bits per heavy atom. The van der Waals surface area contributed by atoms with Crippen LogP contribution in [0.5, 0.6) is 0 Å². The van der Waals surface area contributed by atoms with E-state index in [0.717, 1.165) is 15.5 Å². The molecule has 1 aromatic carbocycles. The van der Waals surface area contributed by atoms with E-state index in [1.54, 1.807) is 6.33 Å². The normalized spacial score (nSPS) is 11.8. The first-order valence-corrected chi connectivity index (χ1v) is 6.45. The highest BCUT2D eigenvalue weighted by atomic mass is 79.9. The van der Waals surface area contributed by atoms with Gasteiger partial charge >= 0.3 is 5.97 Å². The maximum absolute atomic E-state index is 11.7. The van der Waals surface area contributed by atoms with Gasteiger partial charge in [-0.2, -0.15) is 0 Å². The summed E-state index contributed by atoms with van der Waals surface area (Å²) in [5.74, 6) is -0.221. The first-order chi connectivity index (χ1) is 8.38. The third-order valence-electron chi connectivity index (χ3n) is 2.53. The van der Waals surface area contributed by atoms with E-state index in [9.17, 15) is 4.79 Å². The van der Waals surface area contributed by atoms with Crippen LogP contribution >= 0.6 is 15.9 Å². The largest absolute Gasteiger partial charge is 0.443 e. The predicted octanol–water partition coefficient (Wildman–Crippen LogP) is 3.35. The van der Waals surface area contributed by atoms with Gasteiger partial charge in [-0.3, -0.25) is 9.36 Å². The lowest BCUT2D eigenvalue weighted by molar-refractivity contribution is -0.156. The van der Waals surface area contributed by atoms with Crippen molar-refractivity contribution in [2.75, 3.05) is 0 Å². The predicted molar refractivity (Wildman–Crippen MR) is 73.0 cm³/mol. The van der Waals surface area contributed by atoms with Gasteiger partial charge in [0.1, 0.15) is 0 Å². The van der Waals surface area contributed by atoms with Crippen molar-refractivity contribution in [3.8, 4) is 0 Å². The number of hydrogen-bond donors (Lipinski definition) is 0. The van der Waals surface area contributed by atoms with Crippen LogP contribution in [-0.2, 0) is 16.3 Å². The summed E-state index contributed by atoms with van der Waals surface area (Å²) < 4.78 is 8.05. The highest BCUT2D eigenvalue weighted by molar-refractivity contribution is 9.10. The van der Waals surface area contributed by atoms with E-state index < -0.39 is 5.41 Å². The zero-order valence-electron chi connectivity index (χ0n) is 10.6. The van der Waals surface area contributed by atoms with E-state index in [4.69, 9.17) is 4.74 Å². The summed E-state index contributed by atoms with van der Waals surface area (Å²) in [6.07, 6.45) is 1.67. The van der Waals surface area contributed by atoms with Gasteiger partial charge in [-0.15, -0.1) is 0 Å². The standard InChI is InChI=1S/C13H15BrN2O2/c1-13(2,3)12(17)18-8-16-7-15-10-6-9(14)4-5-11(10)16/h4-7H,8H2,1-3H3. The number of aromatic nitrogens is 2. The van der Waals surface area contributed by atoms with Crippen molar-refractivity contribution in [3.05, 3.63) is 29.0 Å². The number of imidazole rings is 1. The number of halogens is 1. The fraction of sp³-hybridized carbons (Fsp3) is 0.385. The second-order valence-electron chi connectivity index (χ2n) is 5.16. The van der Waals surface area contributed by atoms with Crippen molar-refractivity contribution in [3.63, 3.8) is 0 Å². The van der Waals surface area contributed by atoms with Crippen LogP contribution in [0.15, 0.2) is 29.0 Å². The lowest BCUT2D eigenvalue weighted by Gasteiger charge is -2.16. The summed E-state index contributed by atoms with van der Waals surface area (Å²) in [6.45, 7) is 5.68. The van der Waals surface area contributed by atoms with Gasteiger partial charge in [-0.05, 0) is 39.0 Å². The van der Waals surface area contributed by atoms with Crippen molar-refractivity contribution in [2.45, 2.75) is 27.5 Å². The van der Waals surface area contributed by atoms with Crippen molar-refractivity contribution in [1.29, 1.82) is 0 Å². The van der Waals surface area contributed by atoms with Gasteiger partial charge in [-0.1, -0.05) is 15.9 Å². The summed E-state index contributed by atoms with van der Waals surface area (Å²) in [5, 5.41) is 0. The highest BCUT2D eigenvalue weighted by Gasteiger charge is 2.23. The first kappa shape index (κ1) is 13.1. The smallest absolute Gasteiger partial charge is 0.312 e. The molecule has 0 radical (unpaired) electrons. The Kier molecular flexibility index (Phi) is 3.43. The molecule has 0 unspecified atom stereocenters. The minimum atomic E-state index is -0.487. The van der Waals surface area contributed by atoms with Gasteiger partial charge in [0.2, 0.25) is 0 Å². The molecular weight excluding hydrogens is 296 g/mol. The van der Waals surface area contributed by atoms with Crippen molar-refractivity contribution >= 4 is 32.9 Å². The first-order valence-electron chi connectivity index (χ1n) is 5.65. The number of rotatable bonds is 2. The average molecular weight is 311 g/mol. The van der Waals surface area contributed by atoms with Crippen LogP contribution in [0.2, 0.25) is 0 Å². The zero-order chi connectivity index (χ0) is 13.3. The van der Waals surface area contributed by atoms with Crippen LogP contribution in [0.25, 0.3) is 11.0 Å². The van der Waals surface area contributed by atoms with Gasteiger partial charge in [0.15, 0.2) is 6.73 Å². The summed E-state index contributed by atoms with van der Waals surface area (Å²) in [5.41, 5.74) is 1.33. The SMILES string of the molecule is CC(C)(C)C(=O)OCn1cnc2cc(Br)ccc21. The Labute approximate surface area is 114 Å². The molecule has 0 aliphatic heterocycles. The van der Waals surface area contributed by atoms with E-state index in [1.807, 2.05) is 43.5 Å². The van der Waals surface area contributed by atoms with E-state index in [1.165, 1.54) is 0 Å². The molecule has 1 aromatic heterocycles. The molecule has 1 heterocycles. The van der Waals surface area contributed by atoms with Gasteiger partial charge in [0.25, 0.3) is 0 Å². The molecule has 0 saturated heterocycles. The molecule has 4 nitrogen and oxygen atoms in total. The molecule has 0 aliphatic rings. The molecule has 0 saturated carbocycles. The number of ether oxygens (including phenoxy) is 1. The van der Waals surface area contributed by atoms with Crippen LogP contribution in [0.3, 0.4) is 0 Å². The summed E-state index contributed by atoms with van der Waals surface area (Å²) in [6, 6.07) is 5.81. The minimum absolute atomic E-state index is 0.189. The van der Waals surface area contributed by atoms with Gasteiger partial charge in [0.05, 0.1) is 22.8 Å². The molecule has 0 amide bonds. The highest BCUT2D eigenvalue weighted by Crippen LogP contribution is 2.20. The Hall–Kier alpha value is -1.36. The fourth-order valence-electron chi connectivity index (χ4n) is 1.48.